The first-order valence-electron chi connectivity index (χ1n) is 11.5. The van der Waals surface area contributed by atoms with Crippen molar-refractivity contribution in [3.8, 4) is 0 Å². The molecule has 1 amide bonds. The van der Waals surface area contributed by atoms with Gasteiger partial charge in [-0.3, -0.25) is 4.79 Å². The molecule has 0 bridgehead atoms. The molecule has 174 valence electrons. The first kappa shape index (κ1) is 22.0. The molecule has 2 aromatic carbocycles. The van der Waals surface area contributed by atoms with E-state index in [0.29, 0.717) is 50.6 Å². The molecule has 5 rings (SSSR count). The van der Waals surface area contributed by atoms with E-state index in [1.807, 2.05) is 17.0 Å². The van der Waals surface area contributed by atoms with Gasteiger partial charge in [-0.2, -0.15) is 13.2 Å². The molecule has 2 aliphatic rings. The molecule has 2 aliphatic heterocycles. The lowest BCUT2D eigenvalue weighted by Crippen LogP contribution is -2.52. The maximum atomic E-state index is 13.8. The van der Waals surface area contributed by atoms with Gasteiger partial charge in [0.1, 0.15) is 0 Å². The van der Waals surface area contributed by atoms with E-state index in [1.54, 1.807) is 6.07 Å². The molecule has 1 N–H and O–H groups in total. The Morgan fingerprint density at radius 2 is 1.76 bits per heavy atom. The van der Waals surface area contributed by atoms with Crippen molar-refractivity contribution in [1.29, 1.82) is 0 Å². The molecule has 0 saturated carbocycles. The van der Waals surface area contributed by atoms with E-state index in [2.05, 4.69) is 23.3 Å². The number of nitrogens with zero attached hydrogens (tertiary/aromatic N) is 1. The number of halogens is 3. The molecule has 0 atom stereocenters. The van der Waals surface area contributed by atoms with Crippen LogP contribution in [-0.2, 0) is 21.1 Å². The van der Waals surface area contributed by atoms with Crippen molar-refractivity contribution in [3.05, 3.63) is 71.4 Å². The summed E-state index contributed by atoms with van der Waals surface area (Å²) in [6.45, 7) is 1.94. The number of hydrogen-bond acceptors (Lipinski definition) is 2. The van der Waals surface area contributed by atoms with Gasteiger partial charge in [-0.1, -0.05) is 36.4 Å². The highest BCUT2D eigenvalue weighted by molar-refractivity contribution is 5.89. The van der Waals surface area contributed by atoms with E-state index in [1.165, 1.54) is 17.0 Å². The van der Waals surface area contributed by atoms with E-state index in [0.717, 1.165) is 30.5 Å². The van der Waals surface area contributed by atoms with Crippen molar-refractivity contribution in [1.82, 2.24) is 9.88 Å². The summed E-state index contributed by atoms with van der Waals surface area (Å²) in [6.07, 6.45) is 0.0923. The number of fused-ring (bicyclic) bond motifs is 1. The largest absolute Gasteiger partial charge is 0.416 e. The zero-order valence-corrected chi connectivity index (χ0v) is 18.3. The van der Waals surface area contributed by atoms with Crippen LogP contribution in [0.15, 0.2) is 54.7 Å². The van der Waals surface area contributed by atoms with Gasteiger partial charge in [-0.25, -0.2) is 0 Å². The quantitative estimate of drug-likeness (QED) is 0.554. The van der Waals surface area contributed by atoms with E-state index >= 15 is 0 Å². The van der Waals surface area contributed by atoms with E-state index in [4.69, 9.17) is 4.74 Å². The highest BCUT2D eigenvalue weighted by Crippen LogP contribution is 2.41. The van der Waals surface area contributed by atoms with Gasteiger partial charge in [0, 0.05) is 43.4 Å². The number of H-pyrrole nitrogens is 1. The Balaban J connectivity index is 1.38. The Bertz CT molecular complexity index is 1140. The molecular formula is C26H27F3N2O2. The van der Waals surface area contributed by atoms with E-state index in [9.17, 15) is 18.0 Å². The molecule has 0 radical (unpaired) electrons. The number of likely N-dealkylation sites (tertiary alicyclic amines) is 1. The summed E-state index contributed by atoms with van der Waals surface area (Å²) in [7, 11) is 0. The van der Waals surface area contributed by atoms with Gasteiger partial charge in [-0.05, 0) is 54.9 Å². The van der Waals surface area contributed by atoms with Crippen LogP contribution in [0.3, 0.4) is 0 Å². The third-order valence-electron chi connectivity index (χ3n) is 7.34. The highest BCUT2D eigenvalue weighted by atomic mass is 19.4. The summed E-state index contributed by atoms with van der Waals surface area (Å²) < 4.78 is 45.6. The first-order valence-corrected chi connectivity index (χ1v) is 11.5. The molecule has 2 fully saturated rings. The van der Waals surface area contributed by atoms with Crippen LogP contribution in [0, 0.1) is 0 Å². The van der Waals surface area contributed by atoms with Crippen molar-refractivity contribution in [3.63, 3.8) is 0 Å². The molecule has 33 heavy (non-hydrogen) atoms. The van der Waals surface area contributed by atoms with Crippen molar-refractivity contribution in [2.75, 3.05) is 26.3 Å². The minimum atomic E-state index is -4.44. The SMILES string of the molecule is O=C(N1CCC(c2c[nH]c3ccccc23)CC1)C1(c2cccc(C(F)(F)F)c2)CCOCC1. The molecule has 2 saturated heterocycles. The smallest absolute Gasteiger partial charge is 0.381 e. The molecule has 0 spiro atoms. The van der Waals surface area contributed by atoms with Crippen LogP contribution in [0.2, 0.25) is 0 Å². The van der Waals surface area contributed by atoms with Gasteiger partial charge in [0.2, 0.25) is 5.91 Å². The number of aromatic amines is 1. The predicted molar refractivity (Wildman–Crippen MR) is 120 cm³/mol. The second-order valence-electron chi connectivity index (χ2n) is 9.13. The van der Waals surface area contributed by atoms with Crippen molar-refractivity contribution in [2.24, 2.45) is 0 Å². The summed E-state index contributed by atoms with van der Waals surface area (Å²) in [5.74, 6) is 0.284. The fraction of sp³-hybridized carbons (Fsp3) is 0.423. The number of carbonyl (C=O) groups is 1. The van der Waals surface area contributed by atoms with Crippen LogP contribution in [0.1, 0.15) is 48.3 Å². The van der Waals surface area contributed by atoms with Gasteiger partial charge in [0.05, 0.1) is 11.0 Å². The molecular weight excluding hydrogens is 429 g/mol. The Labute approximate surface area is 190 Å². The number of nitrogens with one attached hydrogen (secondary N) is 1. The first-order chi connectivity index (χ1) is 15.9. The Kier molecular flexibility index (Phi) is 5.69. The number of piperidine rings is 1. The number of ether oxygens (including phenoxy) is 1. The summed E-state index contributed by atoms with van der Waals surface area (Å²) in [4.78, 5) is 19.0. The Morgan fingerprint density at radius 3 is 2.48 bits per heavy atom. The standard InChI is InChI=1S/C26H27F3N2O2/c27-26(28,29)20-5-3-4-19(16-20)25(10-14-33-15-11-25)24(32)31-12-8-18(9-13-31)22-17-30-23-7-2-1-6-21(22)23/h1-7,16-18,30H,8-15H2. The molecule has 1 aromatic heterocycles. The van der Waals surface area contributed by atoms with Crippen molar-refractivity contribution >= 4 is 16.8 Å². The van der Waals surface area contributed by atoms with Crippen molar-refractivity contribution in [2.45, 2.75) is 43.2 Å². The topological polar surface area (TPSA) is 45.3 Å². The predicted octanol–water partition coefficient (Wildman–Crippen LogP) is 5.64. The Hall–Kier alpha value is -2.80. The number of benzene rings is 2. The minimum Gasteiger partial charge on any atom is -0.381 e. The summed E-state index contributed by atoms with van der Waals surface area (Å²) in [6, 6.07) is 13.5. The number of amides is 1. The zero-order chi connectivity index (χ0) is 23.1. The third kappa shape index (κ3) is 4.03. The van der Waals surface area contributed by atoms with Crippen LogP contribution < -0.4 is 0 Å². The second-order valence-corrected chi connectivity index (χ2v) is 9.13. The maximum Gasteiger partial charge on any atom is 0.416 e. The summed E-state index contributed by atoms with van der Waals surface area (Å²) in [5.41, 5.74) is 1.15. The normalized spacial score (nSPS) is 19.7. The van der Waals surface area contributed by atoms with Gasteiger partial charge < -0.3 is 14.6 Å². The lowest BCUT2D eigenvalue weighted by atomic mass is 9.72. The summed E-state index contributed by atoms with van der Waals surface area (Å²) in [5, 5.41) is 1.21. The van der Waals surface area contributed by atoms with Gasteiger partial charge in [0.25, 0.3) is 0 Å². The molecule has 0 aliphatic carbocycles. The number of aromatic nitrogens is 1. The fourth-order valence-corrected chi connectivity index (χ4v) is 5.47. The average molecular weight is 457 g/mol. The average Bonchev–Trinajstić information content (AvgIpc) is 3.28. The number of hydrogen-bond donors (Lipinski definition) is 1. The van der Waals surface area contributed by atoms with Gasteiger partial charge in [0.15, 0.2) is 0 Å². The monoisotopic (exact) mass is 456 g/mol. The third-order valence-corrected chi connectivity index (χ3v) is 7.34. The highest BCUT2D eigenvalue weighted by Gasteiger charge is 2.45. The van der Waals surface area contributed by atoms with Gasteiger partial charge in [-0.15, -0.1) is 0 Å². The molecule has 7 heteroatoms. The number of carbonyl (C=O) groups excluding carboxylic acids is 1. The van der Waals surface area contributed by atoms with Crippen molar-refractivity contribution < 1.29 is 22.7 Å². The van der Waals surface area contributed by atoms with Gasteiger partial charge >= 0.3 is 6.18 Å². The van der Waals surface area contributed by atoms with Crippen LogP contribution in [-0.4, -0.2) is 42.1 Å². The molecule has 3 aromatic rings. The van der Waals surface area contributed by atoms with E-state index < -0.39 is 17.2 Å². The molecule has 4 nitrogen and oxygen atoms in total. The number of rotatable bonds is 3. The minimum absolute atomic E-state index is 0.0671. The lowest BCUT2D eigenvalue weighted by molar-refractivity contribution is -0.143. The fourth-order valence-electron chi connectivity index (χ4n) is 5.47. The Morgan fingerprint density at radius 1 is 1.03 bits per heavy atom. The van der Waals surface area contributed by atoms with Crippen LogP contribution in [0.25, 0.3) is 10.9 Å². The molecule has 0 unspecified atom stereocenters. The second kappa shape index (κ2) is 8.52. The lowest BCUT2D eigenvalue weighted by Gasteiger charge is -2.42. The van der Waals surface area contributed by atoms with Crippen LogP contribution in [0.4, 0.5) is 13.2 Å². The summed E-state index contributed by atoms with van der Waals surface area (Å²) >= 11 is 0. The number of alkyl halides is 3. The molecule has 3 heterocycles. The van der Waals surface area contributed by atoms with Crippen LogP contribution >= 0.6 is 0 Å². The zero-order valence-electron chi connectivity index (χ0n) is 18.3. The maximum absolute atomic E-state index is 13.8. The van der Waals surface area contributed by atoms with Crippen LogP contribution in [0.5, 0.6) is 0 Å². The van der Waals surface area contributed by atoms with E-state index in [-0.39, 0.29) is 5.91 Å². The number of para-hydroxylation sites is 1.